The third-order valence-electron chi connectivity index (χ3n) is 5.63. The van der Waals surface area contributed by atoms with Gasteiger partial charge in [-0.15, -0.1) is 5.10 Å². The molecule has 0 bridgehead atoms. The normalized spacial score (nSPS) is 14.9. The molecule has 9 heteroatoms. The molecule has 0 atom stereocenters. The molecule has 33 heavy (non-hydrogen) atoms. The third kappa shape index (κ3) is 5.01. The lowest BCUT2D eigenvalue weighted by Crippen LogP contribution is -2.57. The second-order valence-corrected chi connectivity index (χ2v) is 8.40. The fraction of sp³-hybridized carbons (Fsp3) is 0.292. The number of nitrogens with one attached hydrogen (secondary N) is 3. The number of pyridine rings is 1. The van der Waals surface area contributed by atoms with Gasteiger partial charge in [-0.1, -0.05) is 30.3 Å². The van der Waals surface area contributed by atoms with Crippen molar-refractivity contribution >= 4 is 29.3 Å². The van der Waals surface area contributed by atoms with E-state index in [0.717, 1.165) is 31.4 Å². The molecule has 3 N–H and O–H groups in total. The number of anilines is 2. The first-order valence-corrected chi connectivity index (χ1v) is 10.7. The van der Waals surface area contributed by atoms with Gasteiger partial charge in [0.25, 0.3) is 0 Å². The van der Waals surface area contributed by atoms with Crippen molar-refractivity contribution in [3.05, 3.63) is 66.1 Å². The summed E-state index contributed by atoms with van der Waals surface area (Å²) < 4.78 is 1.70. The van der Waals surface area contributed by atoms with Crippen LogP contribution in [0.3, 0.4) is 0 Å². The van der Waals surface area contributed by atoms with Crippen molar-refractivity contribution < 1.29 is 4.79 Å². The summed E-state index contributed by atoms with van der Waals surface area (Å²) in [5.41, 5.74) is 3.25. The van der Waals surface area contributed by atoms with E-state index in [1.54, 1.807) is 10.7 Å². The van der Waals surface area contributed by atoms with Gasteiger partial charge in [0, 0.05) is 43.5 Å². The molecule has 0 unspecified atom stereocenters. The summed E-state index contributed by atoms with van der Waals surface area (Å²) >= 11 is 0. The smallest absolute Gasteiger partial charge is 0.247 e. The summed E-state index contributed by atoms with van der Waals surface area (Å²) in [7, 11) is 0. The first-order valence-electron chi connectivity index (χ1n) is 10.7. The zero-order valence-electron chi connectivity index (χ0n) is 18.5. The number of carbonyl (C=O) groups excluding carboxylic acids is 1. The number of aromatic nitrogens is 3. The number of ketones is 1. The maximum absolute atomic E-state index is 11.1. The summed E-state index contributed by atoms with van der Waals surface area (Å²) in [6.07, 6.45) is 5.87. The zero-order valence-corrected chi connectivity index (χ0v) is 18.5. The van der Waals surface area contributed by atoms with Crippen molar-refractivity contribution in [3.63, 3.8) is 0 Å². The van der Waals surface area contributed by atoms with Crippen LogP contribution < -0.4 is 15.5 Å². The van der Waals surface area contributed by atoms with E-state index in [9.17, 15) is 10.1 Å². The molecule has 0 amide bonds. The van der Waals surface area contributed by atoms with E-state index in [0.29, 0.717) is 23.7 Å². The molecule has 0 saturated carbocycles. The first kappa shape index (κ1) is 22.0. The van der Waals surface area contributed by atoms with Crippen LogP contribution in [0.2, 0.25) is 0 Å². The molecule has 1 saturated heterocycles. The number of allylic oxidation sites excluding steroid dienone is 1. The summed E-state index contributed by atoms with van der Waals surface area (Å²) in [6, 6.07) is 16.6. The van der Waals surface area contributed by atoms with Crippen LogP contribution in [-0.2, 0) is 11.2 Å². The molecule has 1 aliphatic heterocycles. The minimum Gasteiger partial charge on any atom is -0.382 e. The molecule has 9 nitrogen and oxygen atoms in total. The molecule has 1 aliphatic rings. The minimum atomic E-state index is -0.0808. The Labute approximate surface area is 192 Å². The molecule has 0 aliphatic carbocycles. The van der Waals surface area contributed by atoms with Gasteiger partial charge >= 0.3 is 0 Å². The highest BCUT2D eigenvalue weighted by Gasteiger charge is 2.43. The van der Waals surface area contributed by atoms with Crippen LogP contribution in [0.15, 0.2) is 60.6 Å². The molecular weight excluding hydrogens is 416 g/mol. The van der Waals surface area contributed by atoms with Gasteiger partial charge < -0.3 is 20.9 Å². The Morgan fingerprint density at radius 1 is 1.27 bits per heavy atom. The van der Waals surface area contributed by atoms with Crippen LogP contribution in [0.4, 0.5) is 11.6 Å². The van der Waals surface area contributed by atoms with Crippen molar-refractivity contribution in [2.24, 2.45) is 5.41 Å². The Bertz CT molecular complexity index is 1220. The molecular formula is C24H26N8O. The summed E-state index contributed by atoms with van der Waals surface area (Å²) in [5, 5.41) is 27.3. The summed E-state index contributed by atoms with van der Waals surface area (Å²) in [5.74, 6) is 0.357. The highest BCUT2D eigenvalue weighted by molar-refractivity contribution is 5.81. The Hall–Kier alpha value is -4.19. The van der Waals surface area contributed by atoms with Crippen LogP contribution in [0.1, 0.15) is 18.9 Å². The number of nitrogens with zero attached hydrogens (tertiary/aromatic N) is 5. The Morgan fingerprint density at radius 3 is 2.76 bits per heavy atom. The number of fused-ring (bicyclic) bond motifs is 1. The van der Waals surface area contributed by atoms with E-state index in [1.807, 2.05) is 36.5 Å². The van der Waals surface area contributed by atoms with Crippen molar-refractivity contribution in [1.29, 1.82) is 10.7 Å². The van der Waals surface area contributed by atoms with E-state index >= 15 is 0 Å². The molecule has 0 spiro atoms. The number of nitriles is 1. The largest absolute Gasteiger partial charge is 0.382 e. The van der Waals surface area contributed by atoms with Gasteiger partial charge in [0.2, 0.25) is 5.95 Å². The molecule has 0 radical (unpaired) electrons. The summed E-state index contributed by atoms with van der Waals surface area (Å²) in [6.45, 7) is 3.21. The van der Waals surface area contributed by atoms with Gasteiger partial charge in [-0.3, -0.25) is 4.79 Å². The monoisotopic (exact) mass is 442 g/mol. The van der Waals surface area contributed by atoms with Gasteiger partial charge in [-0.05, 0) is 31.0 Å². The number of rotatable bonds is 10. The van der Waals surface area contributed by atoms with E-state index in [1.165, 1.54) is 12.5 Å². The lowest BCUT2D eigenvalue weighted by Gasteiger charge is -2.50. The predicted molar refractivity (Wildman–Crippen MR) is 127 cm³/mol. The van der Waals surface area contributed by atoms with Crippen molar-refractivity contribution in [2.45, 2.75) is 19.8 Å². The SMILES string of the molecule is CC(=O)CN/C=C(\C=N)Nc1nc2c(N3CC(CC#N)(Cc4ccccc4)C3)cccn2n1. The van der Waals surface area contributed by atoms with E-state index in [4.69, 9.17) is 5.41 Å². The Morgan fingerprint density at radius 2 is 2.06 bits per heavy atom. The van der Waals surface area contributed by atoms with Gasteiger partial charge in [0.15, 0.2) is 5.65 Å². The maximum atomic E-state index is 11.1. The van der Waals surface area contributed by atoms with Gasteiger partial charge in [-0.25, -0.2) is 4.52 Å². The van der Waals surface area contributed by atoms with Crippen LogP contribution in [-0.4, -0.2) is 46.2 Å². The van der Waals surface area contributed by atoms with Crippen LogP contribution >= 0.6 is 0 Å². The quantitative estimate of drug-likeness (QED) is 0.413. The molecule has 168 valence electrons. The number of hydrogen-bond donors (Lipinski definition) is 3. The fourth-order valence-electron chi connectivity index (χ4n) is 4.16. The maximum Gasteiger partial charge on any atom is 0.247 e. The minimum absolute atomic E-state index is 0.000337. The molecule has 4 rings (SSSR count). The Kier molecular flexibility index (Phi) is 6.36. The second kappa shape index (κ2) is 9.53. The highest BCUT2D eigenvalue weighted by atomic mass is 16.1. The van der Waals surface area contributed by atoms with Gasteiger partial charge in [0.05, 0.1) is 24.0 Å². The van der Waals surface area contributed by atoms with E-state index in [-0.39, 0.29) is 17.7 Å². The van der Waals surface area contributed by atoms with Crippen LogP contribution in [0.25, 0.3) is 5.65 Å². The number of benzene rings is 1. The number of Topliss-reactive ketones (excluding diaryl/α,β-unsaturated/α-hetero) is 1. The van der Waals surface area contributed by atoms with Gasteiger partial charge in [0.1, 0.15) is 5.78 Å². The number of hydrogen-bond acceptors (Lipinski definition) is 8. The topological polar surface area (TPSA) is 122 Å². The predicted octanol–water partition coefficient (Wildman–Crippen LogP) is 2.77. The first-order chi connectivity index (χ1) is 16.0. The molecule has 1 fully saturated rings. The third-order valence-corrected chi connectivity index (χ3v) is 5.63. The van der Waals surface area contributed by atoms with Gasteiger partial charge in [-0.2, -0.15) is 10.2 Å². The van der Waals surface area contributed by atoms with Crippen LogP contribution in [0, 0.1) is 22.2 Å². The van der Waals surface area contributed by atoms with E-state index < -0.39 is 0 Å². The second-order valence-electron chi connectivity index (χ2n) is 8.40. The zero-order chi connectivity index (χ0) is 23.3. The van der Waals surface area contributed by atoms with Crippen molar-refractivity contribution in [2.75, 3.05) is 29.9 Å². The standard InChI is InChI=1S/C24H26N8O/c1-18(33)14-27-15-20(13-26)28-23-29-22-21(8-5-11-32(22)30-23)31-16-24(17-31,9-10-25)12-19-6-3-2-4-7-19/h2-8,11,13,15,26-27H,9,12,14,16-17H2,1H3,(H,28,30)/b20-15+,26-13?. The highest BCUT2D eigenvalue weighted by Crippen LogP contribution is 2.41. The average Bonchev–Trinajstić information content (AvgIpc) is 3.19. The molecule has 3 heterocycles. The molecule has 1 aromatic carbocycles. The fourth-order valence-corrected chi connectivity index (χ4v) is 4.16. The van der Waals surface area contributed by atoms with Crippen LogP contribution in [0.5, 0.6) is 0 Å². The number of carbonyl (C=O) groups is 1. The molecule has 2 aromatic heterocycles. The lowest BCUT2D eigenvalue weighted by molar-refractivity contribution is -0.116. The van der Waals surface area contributed by atoms with Crippen molar-refractivity contribution in [1.82, 2.24) is 19.9 Å². The van der Waals surface area contributed by atoms with E-state index in [2.05, 4.69) is 43.8 Å². The Balaban J connectivity index is 1.51. The lowest BCUT2D eigenvalue weighted by atomic mass is 9.72. The van der Waals surface area contributed by atoms with Crippen molar-refractivity contribution in [3.8, 4) is 6.07 Å². The summed E-state index contributed by atoms with van der Waals surface area (Å²) in [4.78, 5) is 17.9. The molecule has 3 aromatic rings. The average molecular weight is 443 g/mol.